The summed E-state index contributed by atoms with van der Waals surface area (Å²) in [5.74, 6) is -0.280. The van der Waals surface area contributed by atoms with Crippen LogP contribution in [0.15, 0.2) is 29.3 Å². The zero-order valence-electron chi connectivity index (χ0n) is 12.0. The third-order valence-electron chi connectivity index (χ3n) is 3.84. The highest BCUT2D eigenvalue weighted by molar-refractivity contribution is 5.93. The van der Waals surface area contributed by atoms with E-state index in [9.17, 15) is 9.59 Å². The Morgan fingerprint density at radius 3 is 3.05 bits per heavy atom. The van der Waals surface area contributed by atoms with Crippen molar-refractivity contribution in [1.82, 2.24) is 14.3 Å². The quantitative estimate of drug-likeness (QED) is 0.831. The largest absolute Gasteiger partial charge is 0.337 e. The highest BCUT2D eigenvalue weighted by Crippen LogP contribution is 2.11. The smallest absolute Gasteiger partial charge is 0.270 e. The number of carbonyl (C=O) groups excluding carboxylic acids is 1. The third-order valence-corrected chi connectivity index (χ3v) is 3.84. The van der Waals surface area contributed by atoms with Gasteiger partial charge in [0.25, 0.3) is 11.5 Å². The Labute approximate surface area is 122 Å². The lowest BCUT2D eigenvalue weighted by molar-refractivity contribution is 0.0706. The van der Waals surface area contributed by atoms with Crippen LogP contribution in [-0.2, 0) is 0 Å². The molecule has 1 atom stereocenters. The second-order valence-corrected chi connectivity index (χ2v) is 5.56. The van der Waals surface area contributed by atoms with Gasteiger partial charge in [0, 0.05) is 31.5 Å². The molecule has 2 N–H and O–H groups in total. The van der Waals surface area contributed by atoms with Crippen molar-refractivity contribution >= 4 is 11.6 Å². The fourth-order valence-electron chi connectivity index (χ4n) is 2.69. The number of nitrogens with zero attached hydrogens (tertiary/aromatic N) is 3. The number of hydrogen-bond acceptors (Lipinski definition) is 4. The molecular weight excluding hydrogens is 268 g/mol. The van der Waals surface area contributed by atoms with Crippen molar-refractivity contribution in [3.8, 4) is 0 Å². The van der Waals surface area contributed by atoms with Crippen LogP contribution in [0.25, 0.3) is 5.65 Å². The van der Waals surface area contributed by atoms with Crippen LogP contribution in [0.5, 0.6) is 0 Å². The number of aryl methyl sites for hydroxylation is 1. The first kappa shape index (κ1) is 13.8. The van der Waals surface area contributed by atoms with Crippen LogP contribution in [0, 0.1) is 6.92 Å². The summed E-state index contributed by atoms with van der Waals surface area (Å²) in [6, 6.07) is 3.62. The molecule has 2 aromatic rings. The Balaban J connectivity index is 2.00. The fourth-order valence-corrected chi connectivity index (χ4v) is 2.69. The summed E-state index contributed by atoms with van der Waals surface area (Å²) < 4.78 is 1.41. The Bertz CT molecular complexity index is 753. The highest BCUT2D eigenvalue weighted by Gasteiger charge is 2.24. The first-order valence-corrected chi connectivity index (χ1v) is 7.09. The van der Waals surface area contributed by atoms with Gasteiger partial charge in [0.1, 0.15) is 11.2 Å². The summed E-state index contributed by atoms with van der Waals surface area (Å²) in [6.07, 6.45) is 4.81. The van der Waals surface area contributed by atoms with E-state index >= 15 is 0 Å². The van der Waals surface area contributed by atoms with Crippen LogP contribution in [0.2, 0.25) is 0 Å². The molecule has 0 radical (unpaired) electrons. The number of aromatic nitrogens is 2. The monoisotopic (exact) mass is 286 g/mol. The molecule has 3 heterocycles. The van der Waals surface area contributed by atoms with Crippen molar-refractivity contribution in [2.75, 3.05) is 13.1 Å². The van der Waals surface area contributed by atoms with Crippen LogP contribution in [0.3, 0.4) is 0 Å². The van der Waals surface area contributed by atoms with Crippen molar-refractivity contribution in [3.63, 3.8) is 0 Å². The van der Waals surface area contributed by atoms with Crippen LogP contribution in [0.4, 0.5) is 0 Å². The van der Waals surface area contributed by atoms with Gasteiger partial charge in [0.15, 0.2) is 0 Å². The van der Waals surface area contributed by atoms with Crippen molar-refractivity contribution in [2.45, 2.75) is 25.8 Å². The molecule has 6 nitrogen and oxygen atoms in total. The zero-order valence-corrected chi connectivity index (χ0v) is 12.0. The van der Waals surface area contributed by atoms with Crippen LogP contribution in [0.1, 0.15) is 28.8 Å². The Morgan fingerprint density at radius 1 is 1.48 bits per heavy atom. The molecular formula is C15H18N4O2. The van der Waals surface area contributed by atoms with E-state index in [2.05, 4.69) is 4.98 Å². The molecule has 2 aromatic heterocycles. The van der Waals surface area contributed by atoms with Gasteiger partial charge in [0.05, 0.1) is 0 Å². The molecule has 3 rings (SSSR count). The molecule has 0 spiro atoms. The second-order valence-electron chi connectivity index (χ2n) is 5.56. The van der Waals surface area contributed by atoms with Crippen molar-refractivity contribution in [2.24, 2.45) is 5.73 Å². The number of likely N-dealkylation sites (tertiary alicyclic amines) is 1. The van der Waals surface area contributed by atoms with Gasteiger partial charge in [-0.05, 0) is 37.5 Å². The number of carbonyl (C=O) groups is 1. The topological polar surface area (TPSA) is 80.7 Å². The van der Waals surface area contributed by atoms with E-state index < -0.39 is 0 Å². The van der Waals surface area contributed by atoms with Crippen LogP contribution >= 0.6 is 0 Å². The average molecular weight is 286 g/mol. The predicted octanol–water partition coefficient (Wildman–Crippen LogP) is 0.566. The normalized spacial score (nSPS) is 19.0. The van der Waals surface area contributed by atoms with Gasteiger partial charge in [-0.1, -0.05) is 0 Å². The van der Waals surface area contributed by atoms with Gasteiger partial charge < -0.3 is 10.6 Å². The van der Waals surface area contributed by atoms with Crippen LogP contribution < -0.4 is 11.3 Å². The van der Waals surface area contributed by atoms with Crippen molar-refractivity contribution in [3.05, 3.63) is 46.0 Å². The van der Waals surface area contributed by atoms with E-state index in [0.29, 0.717) is 18.7 Å². The number of piperidine rings is 1. The molecule has 1 amide bonds. The lowest BCUT2D eigenvalue weighted by atomic mass is 10.1. The lowest BCUT2D eigenvalue weighted by Crippen LogP contribution is -2.47. The molecule has 1 fully saturated rings. The average Bonchev–Trinajstić information content (AvgIpc) is 2.47. The first-order valence-electron chi connectivity index (χ1n) is 7.09. The maximum atomic E-state index is 12.5. The zero-order chi connectivity index (χ0) is 15.0. The van der Waals surface area contributed by atoms with Gasteiger partial charge in [-0.2, -0.15) is 0 Å². The Hall–Kier alpha value is -2.21. The molecule has 6 heteroatoms. The minimum absolute atomic E-state index is 0.0125. The maximum absolute atomic E-state index is 12.5. The molecule has 1 saturated heterocycles. The minimum Gasteiger partial charge on any atom is -0.337 e. The van der Waals surface area contributed by atoms with Gasteiger partial charge >= 0.3 is 0 Å². The SMILES string of the molecule is Cc1ccn2c(=O)c(C(=O)N3CCC[C@H](N)C3)cnc2c1. The van der Waals surface area contributed by atoms with E-state index in [1.165, 1.54) is 10.6 Å². The van der Waals surface area contributed by atoms with Gasteiger partial charge in [0.2, 0.25) is 0 Å². The molecule has 0 unspecified atom stereocenters. The number of nitrogens with two attached hydrogens (primary N) is 1. The van der Waals surface area contributed by atoms with E-state index in [0.717, 1.165) is 18.4 Å². The van der Waals surface area contributed by atoms with Gasteiger partial charge in [-0.15, -0.1) is 0 Å². The summed E-state index contributed by atoms with van der Waals surface area (Å²) in [5, 5.41) is 0. The maximum Gasteiger partial charge on any atom is 0.270 e. The number of rotatable bonds is 1. The van der Waals surface area contributed by atoms with Gasteiger partial charge in [-0.25, -0.2) is 4.98 Å². The Kier molecular flexibility index (Phi) is 3.47. The second kappa shape index (κ2) is 5.29. The lowest BCUT2D eigenvalue weighted by Gasteiger charge is -2.30. The molecule has 0 saturated carbocycles. The molecule has 0 aromatic carbocycles. The molecule has 1 aliphatic rings. The highest BCUT2D eigenvalue weighted by atomic mass is 16.2. The van der Waals surface area contributed by atoms with E-state index in [1.807, 2.05) is 19.1 Å². The summed E-state index contributed by atoms with van der Waals surface area (Å²) in [5.41, 5.74) is 7.23. The molecule has 0 aliphatic carbocycles. The molecule has 0 bridgehead atoms. The first-order chi connectivity index (χ1) is 10.1. The number of pyridine rings is 1. The summed E-state index contributed by atoms with van der Waals surface area (Å²) in [7, 11) is 0. The van der Waals surface area contributed by atoms with E-state index in [1.54, 1.807) is 11.1 Å². The van der Waals surface area contributed by atoms with Gasteiger partial charge in [-0.3, -0.25) is 14.0 Å². The van der Waals surface area contributed by atoms with Crippen molar-refractivity contribution < 1.29 is 4.79 Å². The molecule has 1 aliphatic heterocycles. The van der Waals surface area contributed by atoms with E-state index in [-0.39, 0.29) is 23.1 Å². The number of fused-ring (bicyclic) bond motifs is 1. The molecule has 110 valence electrons. The van der Waals surface area contributed by atoms with Crippen molar-refractivity contribution in [1.29, 1.82) is 0 Å². The van der Waals surface area contributed by atoms with E-state index in [4.69, 9.17) is 5.73 Å². The van der Waals surface area contributed by atoms with Crippen LogP contribution in [-0.4, -0.2) is 39.3 Å². The summed E-state index contributed by atoms with van der Waals surface area (Å²) in [4.78, 5) is 30.8. The Morgan fingerprint density at radius 2 is 2.29 bits per heavy atom. The summed E-state index contributed by atoms with van der Waals surface area (Å²) >= 11 is 0. The molecule has 21 heavy (non-hydrogen) atoms. The predicted molar refractivity (Wildman–Crippen MR) is 79.3 cm³/mol. The fraction of sp³-hybridized carbons (Fsp3) is 0.400. The third kappa shape index (κ3) is 2.54. The number of amides is 1. The number of hydrogen-bond donors (Lipinski definition) is 1. The minimum atomic E-state index is -0.329. The summed E-state index contributed by atoms with van der Waals surface area (Å²) in [6.45, 7) is 3.07. The standard InChI is InChI=1S/C15H18N4O2/c1-10-4-6-19-13(7-10)17-8-12(15(19)21)14(20)18-5-2-3-11(16)9-18/h4,6-8,11H,2-3,5,9,16H2,1H3/t11-/m0/s1.